The third-order valence-corrected chi connectivity index (χ3v) is 4.42. The Balaban J connectivity index is 1.92. The molecule has 1 saturated heterocycles. The average Bonchev–Trinajstić information content (AvgIpc) is 2.30. The van der Waals surface area contributed by atoms with Gasteiger partial charge in [-0.05, 0) is 12.8 Å². The Morgan fingerprint density at radius 3 is 2.53 bits per heavy atom. The number of halogens is 1. The van der Waals surface area contributed by atoms with Crippen molar-refractivity contribution < 1.29 is 9.53 Å². The van der Waals surface area contributed by atoms with E-state index in [2.05, 4.69) is 15.9 Å². The summed E-state index contributed by atoms with van der Waals surface area (Å²) in [6, 6.07) is 0. The Kier molecular flexibility index (Phi) is 4.03. The average molecular weight is 276 g/mol. The van der Waals surface area contributed by atoms with Gasteiger partial charge in [-0.2, -0.15) is 0 Å². The van der Waals surface area contributed by atoms with Crippen molar-refractivity contribution in [2.75, 3.05) is 26.3 Å². The van der Waals surface area contributed by atoms with Crippen LogP contribution in [-0.4, -0.2) is 41.9 Å². The van der Waals surface area contributed by atoms with Crippen molar-refractivity contribution in [3.05, 3.63) is 0 Å². The molecule has 15 heavy (non-hydrogen) atoms. The molecule has 0 radical (unpaired) electrons. The Bertz CT molecular complexity index is 229. The summed E-state index contributed by atoms with van der Waals surface area (Å²) in [5, 5.41) is 0. The van der Waals surface area contributed by atoms with Gasteiger partial charge in [0.2, 0.25) is 5.91 Å². The standard InChI is InChI=1S/C11H18BrNO2/c12-10-4-2-1-3-9(10)11(14)13-5-7-15-8-6-13/h9-10H,1-8H2. The zero-order valence-corrected chi connectivity index (χ0v) is 10.5. The fourth-order valence-corrected chi connectivity index (χ4v) is 3.20. The maximum absolute atomic E-state index is 12.2. The van der Waals surface area contributed by atoms with Gasteiger partial charge in [0.05, 0.1) is 19.1 Å². The highest BCUT2D eigenvalue weighted by Crippen LogP contribution is 2.31. The van der Waals surface area contributed by atoms with E-state index in [1.54, 1.807) is 0 Å². The van der Waals surface area contributed by atoms with Crippen molar-refractivity contribution in [2.45, 2.75) is 30.5 Å². The van der Waals surface area contributed by atoms with Crippen LogP contribution in [0.3, 0.4) is 0 Å². The summed E-state index contributed by atoms with van der Waals surface area (Å²) in [5.41, 5.74) is 0. The first kappa shape index (κ1) is 11.4. The Labute approximate surface area is 99.3 Å². The molecule has 1 amide bonds. The molecule has 1 heterocycles. The number of ether oxygens (including phenoxy) is 1. The molecule has 2 aliphatic rings. The van der Waals surface area contributed by atoms with Crippen LogP contribution in [0.25, 0.3) is 0 Å². The normalized spacial score (nSPS) is 32.7. The number of alkyl halides is 1. The van der Waals surface area contributed by atoms with E-state index in [9.17, 15) is 4.79 Å². The van der Waals surface area contributed by atoms with Crippen LogP contribution < -0.4 is 0 Å². The van der Waals surface area contributed by atoms with E-state index in [1.807, 2.05) is 4.90 Å². The van der Waals surface area contributed by atoms with E-state index in [0.717, 1.165) is 25.9 Å². The van der Waals surface area contributed by atoms with E-state index in [4.69, 9.17) is 4.74 Å². The summed E-state index contributed by atoms with van der Waals surface area (Å²) in [6.07, 6.45) is 4.64. The molecule has 0 aromatic heterocycles. The number of hydrogen-bond donors (Lipinski definition) is 0. The molecule has 2 fully saturated rings. The molecule has 0 spiro atoms. The molecule has 1 aliphatic heterocycles. The quantitative estimate of drug-likeness (QED) is 0.683. The van der Waals surface area contributed by atoms with Crippen LogP contribution in [0.1, 0.15) is 25.7 Å². The highest BCUT2D eigenvalue weighted by atomic mass is 79.9. The minimum Gasteiger partial charge on any atom is -0.378 e. The third-order valence-electron chi connectivity index (χ3n) is 3.32. The first-order valence-corrected chi connectivity index (χ1v) is 6.71. The van der Waals surface area contributed by atoms with Crippen molar-refractivity contribution >= 4 is 21.8 Å². The van der Waals surface area contributed by atoms with Crippen molar-refractivity contribution in [3.63, 3.8) is 0 Å². The maximum Gasteiger partial charge on any atom is 0.226 e. The van der Waals surface area contributed by atoms with Crippen LogP contribution in [0.4, 0.5) is 0 Å². The van der Waals surface area contributed by atoms with Gasteiger partial charge < -0.3 is 9.64 Å². The monoisotopic (exact) mass is 275 g/mol. The molecule has 0 N–H and O–H groups in total. The molecule has 3 nitrogen and oxygen atoms in total. The van der Waals surface area contributed by atoms with Crippen LogP contribution in [0.5, 0.6) is 0 Å². The van der Waals surface area contributed by atoms with Crippen LogP contribution in [-0.2, 0) is 9.53 Å². The zero-order valence-electron chi connectivity index (χ0n) is 8.95. The molecule has 1 saturated carbocycles. The molecule has 4 heteroatoms. The molecule has 1 aliphatic carbocycles. The maximum atomic E-state index is 12.2. The number of rotatable bonds is 1. The van der Waals surface area contributed by atoms with Crippen molar-refractivity contribution in [3.8, 4) is 0 Å². The second-order valence-corrected chi connectivity index (χ2v) is 5.52. The summed E-state index contributed by atoms with van der Waals surface area (Å²) in [7, 11) is 0. The summed E-state index contributed by atoms with van der Waals surface area (Å²) < 4.78 is 5.26. The van der Waals surface area contributed by atoms with E-state index >= 15 is 0 Å². The third kappa shape index (κ3) is 2.72. The number of amides is 1. The van der Waals surface area contributed by atoms with Gasteiger partial charge in [0.1, 0.15) is 0 Å². The Morgan fingerprint density at radius 2 is 1.87 bits per heavy atom. The largest absolute Gasteiger partial charge is 0.378 e. The SMILES string of the molecule is O=C(C1CCCCC1Br)N1CCOCC1. The first-order chi connectivity index (χ1) is 7.29. The minimum absolute atomic E-state index is 0.205. The van der Waals surface area contributed by atoms with E-state index < -0.39 is 0 Å². The Hall–Kier alpha value is -0.0900. The van der Waals surface area contributed by atoms with Gasteiger partial charge in [-0.1, -0.05) is 28.8 Å². The van der Waals surface area contributed by atoms with Crippen LogP contribution in [0.15, 0.2) is 0 Å². The van der Waals surface area contributed by atoms with Crippen molar-refractivity contribution in [2.24, 2.45) is 5.92 Å². The summed E-state index contributed by atoms with van der Waals surface area (Å²) in [4.78, 5) is 14.6. The van der Waals surface area contributed by atoms with Gasteiger partial charge in [0.15, 0.2) is 0 Å². The summed E-state index contributed by atoms with van der Waals surface area (Å²) in [5.74, 6) is 0.539. The summed E-state index contributed by atoms with van der Waals surface area (Å²) >= 11 is 3.64. The molecule has 0 bridgehead atoms. The predicted octanol–water partition coefficient (Wildman–Crippen LogP) is 1.80. The van der Waals surface area contributed by atoms with E-state index in [-0.39, 0.29) is 5.92 Å². The second-order valence-electron chi connectivity index (χ2n) is 4.34. The van der Waals surface area contributed by atoms with Crippen molar-refractivity contribution in [1.82, 2.24) is 4.90 Å². The fourth-order valence-electron chi connectivity index (χ4n) is 2.38. The van der Waals surface area contributed by atoms with Crippen molar-refractivity contribution in [1.29, 1.82) is 0 Å². The molecule has 2 rings (SSSR count). The molecule has 0 aromatic carbocycles. The van der Waals surface area contributed by atoms with Gasteiger partial charge >= 0.3 is 0 Å². The lowest BCUT2D eigenvalue weighted by molar-refractivity contribution is -0.140. The van der Waals surface area contributed by atoms with Gasteiger partial charge in [0, 0.05) is 17.9 Å². The zero-order chi connectivity index (χ0) is 10.7. The lowest BCUT2D eigenvalue weighted by atomic mass is 9.88. The topological polar surface area (TPSA) is 29.5 Å². The lowest BCUT2D eigenvalue weighted by Gasteiger charge is -2.34. The number of morpholine rings is 1. The molecular weight excluding hydrogens is 258 g/mol. The lowest BCUT2D eigenvalue weighted by Crippen LogP contribution is -2.46. The van der Waals surface area contributed by atoms with Gasteiger partial charge in [-0.15, -0.1) is 0 Å². The van der Waals surface area contributed by atoms with E-state index in [0.29, 0.717) is 23.9 Å². The molecule has 2 atom stereocenters. The minimum atomic E-state index is 0.205. The van der Waals surface area contributed by atoms with Crippen LogP contribution >= 0.6 is 15.9 Å². The number of carbonyl (C=O) groups is 1. The highest BCUT2D eigenvalue weighted by molar-refractivity contribution is 9.09. The van der Waals surface area contributed by atoms with Gasteiger partial charge in [-0.3, -0.25) is 4.79 Å². The van der Waals surface area contributed by atoms with Gasteiger partial charge in [-0.25, -0.2) is 0 Å². The Morgan fingerprint density at radius 1 is 1.20 bits per heavy atom. The van der Waals surface area contributed by atoms with Gasteiger partial charge in [0.25, 0.3) is 0 Å². The highest BCUT2D eigenvalue weighted by Gasteiger charge is 2.32. The van der Waals surface area contributed by atoms with Crippen LogP contribution in [0, 0.1) is 5.92 Å². The molecule has 86 valence electrons. The predicted molar refractivity (Wildman–Crippen MR) is 62.1 cm³/mol. The number of hydrogen-bond acceptors (Lipinski definition) is 2. The molecule has 2 unspecified atom stereocenters. The fraction of sp³-hybridized carbons (Fsp3) is 0.909. The smallest absolute Gasteiger partial charge is 0.226 e. The summed E-state index contributed by atoms with van der Waals surface area (Å²) in [6.45, 7) is 2.95. The van der Waals surface area contributed by atoms with E-state index in [1.165, 1.54) is 12.8 Å². The number of nitrogens with zero attached hydrogens (tertiary/aromatic N) is 1. The van der Waals surface area contributed by atoms with Crippen LogP contribution in [0.2, 0.25) is 0 Å². The number of carbonyl (C=O) groups excluding carboxylic acids is 1. The molecular formula is C11H18BrNO2. The second kappa shape index (κ2) is 5.30. The molecule has 0 aromatic rings. The first-order valence-electron chi connectivity index (χ1n) is 5.79.